The summed E-state index contributed by atoms with van der Waals surface area (Å²) in [7, 11) is 1.46. The zero-order valence-corrected chi connectivity index (χ0v) is 14.3. The first kappa shape index (κ1) is 16.4. The van der Waals surface area contributed by atoms with Gasteiger partial charge in [-0.3, -0.25) is 0 Å². The fourth-order valence-electron chi connectivity index (χ4n) is 2.37. The number of benzene rings is 2. The molecule has 0 saturated heterocycles. The molecule has 3 rings (SSSR count). The van der Waals surface area contributed by atoms with Crippen LogP contribution in [-0.2, 0) is 6.42 Å². The maximum atomic E-state index is 13.5. The summed E-state index contributed by atoms with van der Waals surface area (Å²) in [6.07, 6.45) is 0.763. The van der Waals surface area contributed by atoms with Crippen LogP contribution in [0.25, 0.3) is 0 Å². The Labute approximate surface area is 144 Å². The maximum Gasteiger partial charge on any atom is 0.206 e. The lowest BCUT2D eigenvalue weighted by molar-refractivity contribution is 0.385. The molecule has 0 spiro atoms. The van der Waals surface area contributed by atoms with E-state index in [1.54, 1.807) is 12.1 Å². The Balaban J connectivity index is 1.68. The first-order valence-corrected chi connectivity index (χ1v) is 8.43. The van der Waals surface area contributed by atoms with Crippen molar-refractivity contribution in [2.45, 2.75) is 19.4 Å². The molecular weight excluding hydrogens is 325 g/mol. The second-order valence-electron chi connectivity index (χ2n) is 5.42. The van der Waals surface area contributed by atoms with E-state index in [9.17, 15) is 4.39 Å². The van der Waals surface area contributed by atoms with E-state index < -0.39 is 0 Å². The third-order valence-corrected chi connectivity index (χ3v) is 4.53. The van der Waals surface area contributed by atoms with E-state index in [4.69, 9.17) is 4.74 Å². The van der Waals surface area contributed by atoms with Crippen molar-refractivity contribution >= 4 is 16.5 Å². The van der Waals surface area contributed by atoms with Gasteiger partial charge in [-0.15, -0.1) is 10.2 Å². The summed E-state index contributed by atoms with van der Waals surface area (Å²) in [5.41, 5.74) is 2.13. The molecule has 0 amide bonds. The Morgan fingerprint density at radius 3 is 2.71 bits per heavy atom. The van der Waals surface area contributed by atoms with Gasteiger partial charge in [-0.1, -0.05) is 47.7 Å². The normalized spacial score (nSPS) is 12.0. The molecule has 6 heteroatoms. The van der Waals surface area contributed by atoms with Gasteiger partial charge in [-0.2, -0.15) is 0 Å². The smallest absolute Gasteiger partial charge is 0.206 e. The van der Waals surface area contributed by atoms with Gasteiger partial charge in [0.2, 0.25) is 5.13 Å². The third-order valence-electron chi connectivity index (χ3n) is 3.68. The number of aromatic nitrogens is 2. The van der Waals surface area contributed by atoms with E-state index in [0.29, 0.717) is 0 Å². The maximum absolute atomic E-state index is 13.5. The molecule has 1 heterocycles. The summed E-state index contributed by atoms with van der Waals surface area (Å²) in [6, 6.07) is 15.0. The summed E-state index contributed by atoms with van der Waals surface area (Å²) in [6.45, 7) is 1.99. The molecule has 1 aromatic heterocycles. The number of methoxy groups -OCH3 is 1. The van der Waals surface area contributed by atoms with Crippen LogP contribution >= 0.6 is 11.3 Å². The predicted molar refractivity (Wildman–Crippen MR) is 94.1 cm³/mol. The zero-order chi connectivity index (χ0) is 16.9. The average molecular weight is 343 g/mol. The second-order valence-corrected chi connectivity index (χ2v) is 6.49. The van der Waals surface area contributed by atoms with E-state index in [-0.39, 0.29) is 17.6 Å². The molecule has 24 heavy (non-hydrogen) atoms. The molecule has 1 atom stereocenters. The predicted octanol–water partition coefficient (Wildman–Crippen LogP) is 4.45. The van der Waals surface area contributed by atoms with Crippen molar-refractivity contribution in [3.8, 4) is 5.75 Å². The lowest BCUT2D eigenvalue weighted by Gasteiger charge is -2.14. The highest BCUT2D eigenvalue weighted by atomic mass is 32.1. The lowest BCUT2D eigenvalue weighted by Crippen LogP contribution is -2.07. The minimum atomic E-state index is -0.366. The van der Waals surface area contributed by atoms with E-state index >= 15 is 0 Å². The van der Waals surface area contributed by atoms with Crippen molar-refractivity contribution < 1.29 is 9.13 Å². The standard InChI is InChI=1S/C18H18FN3OS/c1-12(14-8-9-15(19)16(11-14)23-2)20-18-22-21-17(24-18)10-13-6-4-3-5-7-13/h3-9,11-12H,10H2,1-2H3,(H,20,22). The van der Waals surface area contributed by atoms with Crippen LogP contribution in [0.2, 0.25) is 0 Å². The van der Waals surface area contributed by atoms with Crippen molar-refractivity contribution in [3.05, 3.63) is 70.5 Å². The number of anilines is 1. The van der Waals surface area contributed by atoms with Crippen molar-refractivity contribution in [2.75, 3.05) is 12.4 Å². The number of halogens is 1. The van der Waals surface area contributed by atoms with Gasteiger partial charge in [-0.25, -0.2) is 4.39 Å². The van der Waals surface area contributed by atoms with Gasteiger partial charge in [0.05, 0.1) is 13.2 Å². The largest absolute Gasteiger partial charge is 0.494 e. The topological polar surface area (TPSA) is 47.0 Å². The van der Waals surface area contributed by atoms with Crippen LogP contribution in [0.5, 0.6) is 5.75 Å². The first-order valence-electron chi connectivity index (χ1n) is 7.62. The number of hydrogen-bond donors (Lipinski definition) is 1. The molecule has 3 aromatic rings. The number of nitrogens with zero attached hydrogens (tertiary/aromatic N) is 2. The molecule has 1 unspecified atom stereocenters. The summed E-state index contributed by atoms with van der Waals surface area (Å²) < 4.78 is 18.5. The zero-order valence-electron chi connectivity index (χ0n) is 13.5. The van der Waals surface area contributed by atoms with Crippen LogP contribution in [0.15, 0.2) is 48.5 Å². The van der Waals surface area contributed by atoms with Gasteiger partial charge in [0.15, 0.2) is 11.6 Å². The quantitative estimate of drug-likeness (QED) is 0.718. The van der Waals surface area contributed by atoms with Crippen LogP contribution in [0.3, 0.4) is 0 Å². The molecule has 0 radical (unpaired) electrons. The minimum Gasteiger partial charge on any atom is -0.494 e. The Morgan fingerprint density at radius 1 is 1.17 bits per heavy atom. The van der Waals surface area contributed by atoms with Crippen LogP contribution in [-0.4, -0.2) is 17.3 Å². The summed E-state index contributed by atoms with van der Waals surface area (Å²) in [5, 5.41) is 13.4. The highest BCUT2D eigenvalue weighted by Crippen LogP contribution is 2.27. The monoisotopic (exact) mass is 343 g/mol. The highest BCUT2D eigenvalue weighted by molar-refractivity contribution is 7.15. The van der Waals surface area contributed by atoms with Gasteiger partial charge in [0.25, 0.3) is 0 Å². The van der Waals surface area contributed by atoms with Crippen LogP contribution < -0.4 is 10.1 Å². The van der Waals surface area contributed by atoms with E-state index in [2.05, 4.69) is 27.6 Å². The number of hydrogen-bond acceptors (Lipinski definition) is 5. The fourth-order valence-corrected chi connectivity index (χ4v) is 3.23. The van der Waals surface area contributed by atoms with Crippen LogP contribution in [0, 0.1) is 5.82 Å². The van der Waals surface area contributed by atoms with Gasteiger partial charge in [0, 0.05) is 6.42 Å². The molecule has 0 fully saturated rings. The van der Waals surface area contributed by atoms with Crippen LogP contribution in [0.4, 0.5) is 9.52 Å². The Kier molecular flexibility index (Phi) is 5.05. The molecule has 0 aliphatic heterocycles. The minimum absolute atomic E-state index is 0.0305. The number of nitrogens with one attached hydrogen (secondary N) is 1. The van der Waals surface area contributed by atoms with Gasteiger partial charge >= 0.3 is 0 Å². The third kappa shape index (κ3) is 3.89. The molecule has 0 aliphatic rings. The fraction of sp³-hybridized carbons (Fsp3) is 0.222. The van der Waals surface area contributed by atoms with Crippen molar-refractivity contribution in [2.24, 2.45) is 0 Å². The van der Waals surface area contributed by atoms with Gasteiger partial charge in [-0.05, 0) is 30.2 Å². The molecule has 2 aromatic carbocycles. The Hall–Kier alpha value is -2.47. The average Bonchev–Trinajstić information content (AvgIpc) is 3.03. The van der Waals surface area contributed by atoms with E-state index in [1.807, 2.05) is 25.1 Å². The van der Waals surface area contributed by atoms with Gasteiger partial charge < -0.3 is 10.1 Å². The Bertz CT molecular complexity index is 807. The number of rotatable bonds is 6. The summed E-state index contributed by atoms with van der Waals surface area (Å²) in [5.74, 6) is -0.127. The number of ether oxygens (including phenoxy) is 1. The molecule has 4 nitrogen and oxygen atoms in total. The molecule has 0 aliphatic carbocycles. The first-order chi connectivity index (χ1) is 11.7. The molecule has 1 N–H and O–H groups in total. The van der Waals surface area contributed by atoms with Crippen LogP contribution in [0.1, 0.15) is 29.1 Å². The van der Waals surface area contributed by atoms with Crippen molar-refractivity contribution in [3.63, 3.8) is 0 Å². The lowest BCUT2D eigenvalue weighted by atomic mass is 10.1. The summed E-state index contributed by atoms with van der Waals surface area (Å²) in [4.78, 5) is 0. The molecular formula is C18H18FN3OS. The molecule has 0 bridgehead atoms. The second kappa shape index (κ2) is 7.40. The molecule has 124 valence electrons. The summed E-state index contributed by atoms with van der Waals surface area (Å²) >= 11 is 1.53. The van der Waals surface area contributed by atoms with E-state index in [1.165, 1.54) is 30.1 Å². The Morgan fingerprint density at radius 2 is 1.96 bits per heavy atom. The molecule has 0 saturated carbocycles. The highest BCUT2D eigenvalue weighted by Gasteiger charge is 2.12. The van der Waals surface area contributed by atoms with Crippen molar-refractivity contribution in [1.29, 1.82) is 0 Å². The van der Waals surface area contributed by atoms with Crippen molar-refractivity contribution in [1.82, 2.24) is 10.2 Å². The van der Waals surface area contributed by atoms with E-state index in [0.717, 1.165) is 22.1 Å². The van der Waals surface area contributed by atoms with Gasteiger partial charge in [0.1, 0.15) is 5.01 Å². The SMILES string of the molecule is COc1cc(C(C)Nc2nnc(Cc3ccccc3)s2)ccc1F.